The summed E-state index contributed by atoms with van der Waals surface area (Å²) in [5.41, 5.74) is 5.54. The number of hydrogen-bond donors (Lipinski definition) is 1. The standard InChI is InChI=1S/C27H21BrClN3O/c1-17-7-12-22(29)14-25(17)31-27(33)20(15-30)13-24-18(2)32(26-6-4-3-5-23(24)26)16-19-8-10-21(28)11-9-19/h3-14H,16H2,1-2H3,(H,31,33)/b20-13-. The molecule has 1 aromatic heterocycles. The van der Waals surface area contributed by atoms with E-state index in [9.17, 15) is 10.1 Å². The summed E-state index contributed by atoms with van der Waals surface area (Å²) < 4.78 is 3.24. The van der Waals surface area contributed by atoms with Crippen LogP contribution in [0.5, 0.6) is 0 Å². The van der Waals surface area contributed by atoms with Crippen molar-refractivity contribution < 1.29 is 4.79 Å². The van der Waals surface area contributed by atoms with Crippen LogP contribution in [0.25, 0.3) is 17.0 Å². The van der Waals surface area contributed by atoms with Gasteiger partial charge < -0.3 is 9.88 Å². The second-order valence-corrected chi connectivity index (χ2v) is 9.16. The molecule has 0 radical (unpaired) electrons. The van der Waals surface area contributed by atoms with E-state index in [4.69, 9.17) is 11.6 Å². The summed E-state index contributed by atoms with van der Waals surface area (Å²) in [4.78, 5) is 12.9. The van der Waals surface area contributed by atoms with Crippen molar-refractivity contribution in [2.24, 2.45) is 0 Å². The van der Waals surface area contributed by atoms with Gasteiger partial charge in [0.05, 0.1) is 0 Å². The van der Waals surface area contributed by atoms with Gasteiger partial charge in [-0.25, -0.2) is 0 Å². The summed E-state index contributed by atoms with van der Waals surface area (Å²) >= 11 is 9.55. The van der Waals surface area contributed by atoms with Crippen molar-refractivity contribution in [2.45, 2.75) is 20.4 Å². The van der Waals surface area contributed by atoms with E-state index in [1.807, 2.05) is 50.2 Å². The Hall–Kier alpha value is -3.33. The normalized spacial score (nSPS) is 11.4. The van der Waals surface area contributed by atoms with E-state index >= 15 is 0 Å². The number of benzene rings is 3. The molecule has 1 heterocycles. The Morgan fingerprint density at radius 1 is 1.12 bits per heavy atom. The lowest BCUT2D eigenvalue weighted by atomic mass is 10.1. The fourth-order valence-corrected chi connectivity index (χ4v) is 4.26. The molecule has 6 heteroatoms. The number of hydrogen-bond acceptors (Lipinski definition) is 2. The molecule has 0 fully saturated rings. The maximum Gasteiger partial charge on any atom is 0.266 e. The van der Waals surface area contributed by atoms with Crippen molar-refractivity contribution in [1.29, 1.82) is 5.26 Å². The van der Waals surface area contributed by atoms with Gasteiger partial charge in [-0.3, -0.25) is 4.79 Å². The highest BCUT2D eigenvalue weighted by Gasteiger charge is 2.17. The summed E-state index contributed by atoms with van der Waals surface area (Å²) in [7, 11) is 0. The number of nitrogens with one attached hydrogen (secondary N) is 1. The van der Waals surface area contributed by atoms with Crippen LogP contribution in [0.2, 0.25) is 5.02 Å². The molecule has 33 heavy (non-hydrogen) atoms. The third-order valence-corrected chi connectivity index (χ3v) is 6.40. The zero-order chi connectivity index (χ0) is 23.5. The van der Waals surface area contributed by atoms with Crippen molar-refractivity contribution in [3.8, 4) is 6.07 Å². The Kier molecular flexibility index (Phi) is 6.69. The average molecular weight is 519 g/mol. The Bertz CT molecular complexity index is 1430. The number of aryl methyl sites for hydroxylation is 1. The molecule has 0 saturated carbocycles. The quantitative estimate of drug-likeness (QED) is 0.223. The summed E-state index contributed by atoms with van der Waals surface area (Å²) in [6.07, 6.45) is 1.67. The van der Waals surface area contributed by atoms with Crippen LogP contribution in [-0.2, 0) is 11.3 Å². The van der Waals surface area contributed by atoms with Crippen molar-refractivity contribution >= 4 is 56.1 Å². The van der Waals surface area contributed by atoms with Gasteiger partial charge in [-0.2, -0.15) is 5.26 Å². The molecule has 0 aliphatic heterocycles. The Morgan fingerprint density at radius 3 is 2.58 bits per heavy atom. The molecular weight excluding hydrogens is 498 g/mol. The van der Waals surface area contributed by atoms with E-state index < -0.39 is 5.91 Å². The predicted molar refractivity (Wildman–Crippen MR) is 138 cm³/mol. The van der Waals surface area contributed by atoms with Crippen LogP contribution in [0.1, 0.15) is 22.4 Å². The minimum absolute atomic E-state index is 0.0315. The van der Waals surface area contributed by atoms with Crippen LogP contribution >= 0.6 is 27.5 Å². The molecule has 0 bridgehead atoms. The van der Waals surface area contributed by atoms with E-state index in [0.717, 1.165) is 37.8 Å². The zero-order valence-corrected chi connectivity index (χ0v) is 20.5. The molecule has 1 amide bonds. The monoisotopic (exact) mass is 517 g/mol. The van der Waals surface area contributed by atoms with Gasteiger partial charge in [-0.05, 0) is 61.4 Å². The molecule has 164 valence electrons. The van der Waals surface area contributed by atoms with E-state index in [1.165, 1.54) is 0 Å². The number of nitriles is 1. The van der Waals surface area contributed by atoms with Crippen molar-refractivity contribution in [3.05, 3.63) is 104 Å². The molecule has 0 unspecified atom stereocenters. The van der Waals surface area contributed by atoms with Crippen molar-refractivity contribution in [3.63, 3.8) is 0 Å². The molecule has 0 atom stereocenters. The Morgan fingerprint density at radius 2 is 1.85 bits per heavy atom. The SMILES string of the molecule is Cc1ccc(Cl)cc1NC(=O)/C(C#N)=C\c1c(C)n(Cc2ccc(Br)cc2)c2ccccc12. The van der Waals surface area contributed by atoms with Gasteiger partial charge in [0.1, 0.15) is 11.6 Å². The van der Waals surface area contributed by atoms with Crippen molar-refractivity contribution in [1.82, 2.24) is 4.57 Å². The summed E-state index contributed by atoms with van der Waals surface area (Å²) in [5.74, 6) is -0.466. The zero-order valence-electron chi connectivity index (χ0n) is 18.2. The number of carbonyl (C=O) groups excluding carboxylic acids is 1. The first-order valence-electron chi connectivity index (χ1n) is 10.4. The maximum absolute atomic E-state index is 12.9. The van der Waals surface area contributed by atoms with E-state index in [2.05, 4.69) is 50.1 Å². The molecule has 0 aliphatic carbocycles. The second kappa shape index (κ2) is 9.66. The number of rotatable bonds is 5. The summed E-state index contributed by atoms with van der Waals surface area (Å²) in [6.45, 7) is 4.57. The topological polar surface area (TPSA) is 57.8 Å². The van der Waals surface area contributed by atoms with Crippen molar-refractivity contribution in [2.75, 3.05) is 5.32 Å². The number of carbonyl (C=O) groups is 1. The number of nitrogens with zero attached hydrogens (tertiary/aromatic N) is 2. The highest BCUT2D eigenvalue weighted by atomic mass is 79.9. The first kappa shape index (κ1) is 22.8. The average Bonchev–Trinajstić information content (AvgIpc) is 3.06. The van der Waals surface area contributed by atoms with Gasteiger partial charge in [0, 0.05) is 43.9 Å². The first-order valence-corrected chi connectivity index (χ1v) is 11.6. The predicted octanol–water partition coefficient (Wildman–Crippen LogP) is 7.27. The highest BCUT2D eigenvalue weighted by molar-refractivity contribution is 9.10. The van der Waals surface area contributed by atoms with Gasteiger partial charge in [-0.15, -0.1) is 0 Å². The Balaban J connectivity index is 1.74. The maximum atomic E-state index is 12.9. The molecular formula is C27H21BrClN3O. The first-order chi connectivity index (χ1) is 15.9. The minimum Gasteiger partial charge on any atom is -0.340 e. The number of halogens is 2. The molecule has 3 aromatic carbocycles. The number of para-hydroxylation sites is 1. The van der Waals surface area contributed by atoms with E-state index in [1.54, 1.807) is 18.2 Å². The molecule has 0 aliphatic rings. The fourth-order valence-electron chi connectivity index (χ4n) is 3.83. The third-order valence-electron chi connectivity index (χ3n) is 5.64. The summed E-state index contributed by atoms with van der Waals surface area (Å²) in [6, 6.07) is 23.6. The number of aromatic nitrogens is 1. The number of amides is 1. The lowest BCUT2D eigenvalue weighted by Crippen LogP contribution is -2.14. The molecule has 1 N–H and O–H groups in total. The molecule has 0 spiro atoms. The minimum atomic E-state index is -0.466. The fraction of sp³-hybridized carbons (Fsp3) is 0.111. The van der Waals surface area contributed by atoms with Gasteiger partial charge in [0.2, 0.25) is 0 Å². The lowest BCUT2D eigenvalue weighted by molar-refractivity contribution is -0.112. The second-order valence-electron chi connectivity index (χ2n) is 7.81. The Labute approximate surface area is 206 Å². The van der Waals surface area contributed by atoms with Crippen LogP contribution in [0.15, 0.2) is 76.8 Å². The molecule has 0 saturated heterocycles. The highest BCUT2D eigenvalue weighted by Crippen LogP contribution is 2.29. The lowest BCUT2D eigenvalue weighted by Gasteiger charge is -2.09. The molecule has 4 aromatic rings. The van der Waals surface area contributed by atoms with Crippen LogP contribution in [0.3, 0.4) is 0 Å². The van der Waals surface area contributed by atoms with Gasteiger partial charge >= 0.3 is 0 Å². The summed E-state index contributed by atoms with van der Waals surface area (Å²) in [5, 5.41) is 14.1. The smallest absolute Gasteiger partial charge is 0.266 e. The van der Waals surface area contributed by atoms with Gasteiger partial charge in [-0.1, -0.05) is 63.9 Å². The number of fused-ring (bicyclic) bond motifs is 1. The van der Waals surface area contributed by atoms with Gasteiger partial charge in [0.25, 0.3) is 5.91 Å². The molecule has 4 rings (SSSR count). The molecule has 4 nitrogen and oxygen atoms in total. The van der Waals surface area contributed by atoms with Gasteiger partial charge in [0.15, 0.2) is 0 Å². The van der Waals surface area contributed by atoms with Crippen LogP contribution in [0.4, 0.5) is 5.69 Å². The number of anilines is 1. The third kappa shape index (κ3) is 4.88. The van der Waals surface area contributed by atoms with Crippen LogP contribution in [-0.4, -0.2) is 10.5 Å². The van der Waals surface area contributed by atoms with Crippen LogP contribution < -0.4 is 5.32 Å². The van der Waals surface area contributed by atoms with E-state index in [-0.39, 0.29) is 5.57 Å². The largest absolute Gasteiger partial charge is 0.340 e. The van der Waals surface area contributed by atoms with Crippen LogP contribution in [0, 0.1) is 25.2 Å². The van der Waals surface area contributed by atoms with E-state index in [0.29, 0.717) is 17.3 Å².